The summed E-state index contributed by atoms with van der Waals surface area (Å²) < 4.78 is 0. The number of carbonyl (C=O) groups is 2. The van der Waals surface area contributed by atoms with Crippen LogP contribution in [0.2, 0.25) is 0 Å². The molecule has 0 radical (unpaired) electrons. The van der Waals surface area contributed by atoms with Crippen LogP contribution in [0.3, 0.4) is 0 Å². The lowest BCUT2D eigenvalue weighted by Crippen LogP contribution is -2.51. The van der Waals surface area contributed by atoms with Crippen LogP contribution in [0.1, 0.15) is 26.3 Å². The zero-order valence-electron chi connectivity index (χ0n) is 12.5. The maximum absolute atomic E-state index is 12.0. The number of hydrogen-bond donors (Lipinski definition) is 2. The minimum Gasteiger partial charge on any atom is -0.338 e. The van der Waals surface area contributed by atoms with Gasteiger partial charge in [0.25, 0.3) is 0 Å². The molecule has 0 fully saturated rings. The standard InChI is InChI=1S/C14H23N3O2S/c1-5-15-14(19)16-13(18)11(3)17(4)10(2)8-12-6-7-20-9-12/h6-7,9-11H,5,8H2,1-4H3,(H2,15,16,18,19)/t10-,11-/m1/s1. The minimum absolute atomic E-state index is 0.222. The van der Waals surface area contributed by atoms with Gasteiger partial charge in [0.2, 0.25) is 5.91 Å². The highest BCUT2D eigenvalue weighted by molar-refractivity contribution is 7.07. The van der Waals surface area contributed by atoms with Gasteiger partial charge in [0.05, 0.1) is 6.04 Å². The number of nitrogens with zero attached hydrogens (tertiary/aromatic N) is 1. The van der Waals surface area contributed by atoms with Crippen LogP contribution in [0.25, 0.3) is 0 Å². The molecule has 20 heavy (non-hydrogen) atoms. The average Bonchev–Trinajstić information content (AvgIpc) is 2.89. The fourth-order valence-electron chi connectivity index (χ4n) is 1.88. The first-order valence-electron chi connectivity index (χ1n) is 6.77. The number of hydrogen-bond acceptors (Lipinski definition) is 4. The summed E-state index contributed by atoms with van der Waals surface area (Å²) in [6.45, 7) is 6.19. The van der Waals surface area contributed by atoms with Crippen LogP contribution in [-0.2, 0) is 11.2 Å². The normalized spacial score (nSPS) is 13.8. The topological polar surface area (TPSA) is 61.4 Å². The highest BCUT2D eigenvalue weighted by atomic mass is 32.1. The summed E-state index contributed by atoms with van der Waals surface area (Å²) >= 11 is 1.67. The maximum atomic E-state index is 12.0. The van der Waals surface area contributed by atoms with Gasteiger partial charge in [0.15, 0.2) is 0 Å². The van der Waals surface area contributed by atoms with Crippen molar-refractivity contribution in [3.05, 3.63) is 22.4 Å². The highest BCUT2D eigenvalue weighted by Gasteiger charge is 2.23. The van der Waals surface area contributed by atoms with Gasteiger partial charge >= 0.3 is 6.03 Å². The Morgan fingerprint density at radius 2 is 2.10 bits per heavy atom. The number of imide groups is 1. The summed E-state index contributed by atoms with van der Waals surface area (Å²) in [6.07, 6.45) is 0.888. The van der Waals surface area contributed by atoms with E-state index in [1.165, 1.54) is 5.56 Å². The summed E-state index contributed by atoms with van der Waals surface area (Å²) in [4.78, 5) is 25.3. The lowest BCUT2D eigenvalue weighted by Gasteiger charge is -2.29. The Balaban J connectivity index is 2.50. The van der Waals surface area contributed by atoms with E-state index in [4.69, 9.17) is 0 Å². The summed E-state index contributed by atoms with van der Waals surface area (Å²) in [7, 11) is 1.90. The number of thiophene rings is 1. The van der Waals surface area contributed by atoms with Gasteiger partial charge in [0.1, 0.15) is 0 Å². The van der Waals surface area contributed by atoms with Crippen LogP contribution >= 0.6 is 11.3 Å². The highest BCUT2D eigenvalue weighted by Crippen LogP contribution is 2.13. The van der Waals surface area contributed by atoms with Gasteiger partial charge in [-0.2, -0.15) is 11.3 Å². The van der Waals surface area contributed by atoms with E-state index < -0.39 is 6.03 Å². The van der Waals surface area contributed by atoms with Crippen molar-refractivity contribution in [1.29, 1.82) is 0 Å². The molecule has 1 heterocycles. The van der Waals surface area contributed by atoms with E-state index in [2.05, 4.69) is 29.0 Å². The molecule has 2 atom stereocenters. The average molecular weight is 297 g/mol. The molecule has 5 nitrogen and oxygen atoms in total. The second-order valence-corrected chi connectivity index (χ2v) is 5.65. The van der Waals surface area contributed by atoms with Crippen molar-refractivity contribution in [2.24, 2.45) is 0 Å². The third-order valence-corrected chi connectivity index (χ3v) is 4.10. The van der Waals surface area contributed by atoms with Crippen molar-refractivity contribution >= 4 is 23.3 Å². The Labute approximate surface area is 124 Å². The number of nitrogens with one attached hydrogen (secondary N) is 2. The molecule has 0 unspecified atom stereocenters. The van der Waals surface area contributed by atoms with E-state index in [-0.39, 0.29) is 18.0 Å². The molecule has 0 bridgehead atoms. The molecule has 1 aromatic heterocycles. The predicted octanol–water partition coefficient (Wildman–Crippen LogP) is 1.85. The Morgan fingerprint density at radius 3 is 2.65 bits per heavy atom. The molecule has 0 saturated carbocycles. The van der Waals surface area contributed by atoms with Crippen molar-refractivity contribution in [3.63, 3.8) is 0 Å². The number of amides is 3. The Hall–Kier alpha value is -1.40. The largest absolute Gasteiger partial charge is 0.338 e. The Morgan fingerprint density at radius 1 is 1.40 bits per heavy atom. The fraction of sp³-hybridized carbons (Fsp3) is 0.571. The van der Waals surface area contributed by atoms with Crippen molar-refractivity contribution in [2.45, 2.75) is 39.3 Å². The van der Waals surface area contributed by atoms with E-state index in [9.17, 15) is 9.59 Å². The lowest BCUT2D eigenvalue weighted by atomic mass is 10.1. The summed E-state index contributed by atoms with van der Waals surface area (Å²) in [5.41, 5.74) is 1.27. The molecule has 2 N–H and O–H groups in total. The molecule has 0 aliphatic heterocycles. The summed E-state index contributed by atoms with van der Waals surface area (Å²) in [5, 5.41) is 9.06. The third kappa shape index (κ3) is 4.94. The molecular weight excluding hydrogens is 274 g/mol. The van der Waals surface area contributed by atoms with Crippen LogP contribution < -0.4 is 10.6 Å². The van der Waals surface area contributed by atoms with E-state index in [1.807, 2.05) is 24.3 Å². The first kappa shape index (κ1) is 16.7. The van der Waals surface area contributed by atoms with Crippen molar-refractivity contribution in [3.8, 4) is 0 Å². The van der Waals surface area contributed by atoms with Crippen molar-refractivity contribution < 1.29 is 9.59 Å². The zero-order valence-corrected chi connectivity index (χ0v) is 13.3. The van der Waals surface area contributed by atoms with Crippen LogP contribution in [-0.4, -0.2) is 42.5 Å². The van der Waals surface area contributed by atoms with Crippen LogP contribution in [0, 0.1) is 0 Å². The van der Waals surface area contributed by atoms with Gasteiger partial charge in [-0.15, -0.1) is 0 Å². The van der Waals surface area contributed by atoms with Crippen LogP contribution in [0.5, 0.6) is 0 Å². The molecule has 0 aliphatic rings. The molecular formula is C14H23N3O2S. The molecule has 3 amide bonds. The second-order valence-electron chi connectivity index (χ2n) is 4.87. The predicted molar refractivity (Wildman–Crippen MR) is 81.9 cm³/mol. The number of likely N-dealkylation sites (N-methyl/N-ethyl adjacent to an activating group) is 1. The number of urea groups is 1. The van der Waals surface area contributed by atoms with Gasteiger partial charge in [-0.3, -0.25) is 15.0 Å². The third-order valence-electron chi connectivity index (χ3n) is 3.37. The minimum atomic E-state index is -0.441. The van der Waals surface area contributed by atoms with Gasteiger partial charge in [-0.1, -0.05) is 0 Å². The quantitative estimate of drug-likeness (QED) is 0.842. The van der Waals surface area contributed by atoms with E-state index in [1.54, 1.807) is 18.3 Å². The van der Waals surface area contributed by atoms with Crippen LogP contribution in [0.4, 0.5) is 4.79 Å². The lowest BCUT2D eigenvalue weighted by molar-refractivity contribution is -0.124. The van der Waals surface area contributed by atoms with Crippen molar-refractivity contribution in [2.75, 3.05) is 13.6 Å². The summed E-state index contributed by atoms with van der Waals surface area (Å²) in [5.74, 6) is -0.282. The van der Waals surface area contributed by atoms with Gasteiger partial charge in [-0.25, -0.2) is 4.79 Å². The van der Waals surface area contributed by atoms with Gasteiger partial charge in [0, 0.05) is 12.6 Å². The summed E-state index contributed by atoms with van der Waals surface area (Å²) in [6, 6.07) is 1.52. The molecule has 1 rings (SSSR count). The zero-order chi connectivity index (χ0) is 15.1. The molecule has 112 valence electrons. The first-order chi connectivity index (χ1) is 9.45. The molecule has 0 spiro atoms. The number of carbonyl (C=O) groups excluding carboxylic acids is 2. The smallest absolute Gasteiger partial charge is 0.321 e. The molecule has 0 aliphatic carbocycles. The second kappa shape index (κ2) is 8.01. The molecule has 0 saturated heterocycles. The van der Waals surface area contributed by atoms with E-state index in [0.717, 1.165) is 6.42 Å². The Bertz CT molecular complexity index is 434. The van der Waals surface area contributed by atoms with E-state index in [0.29, 0.717) is 6.54 Å². The molecule has 0 aromatic carbocycles. The fourth-order valence-corrected chi connectivity index (χ4v) is 2.56. The monoisotopic (exact) mass is 297 g/mol. The molecule has 6 heteroatoms. The Kier molecular flexibility index (Phi) is 6.67. The molecule has 1 aromatic rings. The first-order valence-corrected chi connectivity index (χ1v) is 7.71. The SMILES string of the molecule is CCNC(=O)NC(=O)[C@@H](C)N(C)[C@H](C)Cc1ccsc1. The number of rotatable bonds is 6. The van der Waals surface area contributed by atoms with Gasteiger partial charge in [-0.05, 0) is 56.6 Å². The van der Waals surface area contributed by atoms with Crippen molar-refractivity contribution in [1.82, 2.24) is 15.5 Å². The van der Waals surface area contributed by atoms with Gasteiger partial charge < -0.3 is 5.32 Å². The maximum Gasteiger partial charge on any atom is 0.321 e. The van der Waals surface area contributed by atoms with E-state index >= 15 is 0 Å². The van der Waals surface area contributed by atoms with Crippen LogP contribution in [0.15, 0.2) is 16.8 Å².